The lowest BCUT2D eigenvalue weighted by Crippen LogP contribution is -2.39. The Labute approximate surface area is 165 Å². The van der Waals surface area contributed by atoms with Crippen molar-refractivity contribution in [3.05, 3.63) is 48.0 Å². The highest BCUT2D eigenvalue weighted by molar-refractivity contribution is 14.0. The minimum absolute atomic E-state index is 0. The second kappa shape index (κ2) is 13.2. The molecule has 5 heteroatoms. The normalized spacial score (nSPS) is 11.1. The van der Waals surface area contributed by atoms with Gasteiger partial charge < -0.3 is 15.1 Å². The molecule has 0 radical (unpaired) electrons. The van der Waals surface area contributed by atoms with Gasteiger partial charge in [-0.1, -0.05) is 30.3 Å². The Kier molecular flexibility index (Phi) is 12.6. The topological polar surface area (TPSA) is 30.9 Å². The quantitative estimate of drug-likeness (QED) is 0.207. The van der Waals surface area contributed by atoms with Crippen LogP contribution in [0, 0.1) is 0 Å². The van der Waals surface area contributed by atoms with E-state index in [1.807, 2.05) is 6.08 Å². The van der Waals surface area contributed by atoms with E-state index in [0.717, 1.165) is 38.4 Å². The van der Waals surface area contributed by atoms with Crippen molar-refractivity contribution < 1.29 is 0 Å². The van der Waals surface area contributed by atoms with Crippen LogP contribution in [0.4, 0.5) is 0 Å². The van der Waals surface area contributed by atoms with E-state index in [9.17, 15) is 0 Å². The Hall–Kier alpha value is -1.08. The Morgan fingerprint density at radius 2 is 1.88 bits per heavy atom. The van der Waals surface area contributed by atoms with Crippen molar-refractivity contribution in [1.29, 1.82) is 0 Å². The molecule has 0 heterocycles. The number of nitrogens with zero attached hydrogens (tertiary/aromatic N) is 3. The number of unbranched alkanes of at least 4 members (excludes halogenated alkanes) is 1. The third-order valence-corrected chi connectivity index (χ3v) is 3.60. The van der Waals surface area contributed by atoms with Gasteiger partial charge in [-0.05, 0) is 45.0 Å². The van der Waals surface area contributed by atoms with Crippen LogP contribution in [0.3, 0.4) is 0 Å². The molecule has 1 rings (SSSR count). The van der Waals surface area contributed by atoms with Crippen molar-refractivity contribution in [2.24, 2.45) is 4.99 Å². The molecule has 1 N–H and O–H groups in total. The third-order valence-electron chi connectivity index (χ3n) is 3.60. The number of aliphatic imine (C=N–C) groups is 1. The molecule has 0 saturated carbocycles. The predicted octanol–water partition coefficient (Wildman–Crippen LogP) is 3.73. The molecule has 0 aliphatic heterocycles. The zero-order chi connectivity index (χ0) is 17.1. The summed E-state index contributed by atoms with van der Waals surface area (Å²) in [4.78, 5) is 9.20. The van der Waals surface area contributed by atoms with Crippen LogP contribution < -0.4 is 5.32 Å². The first-order valence-electron chi connectivity index (χ1n) is 8.40. The molecule has 0 saturated heterocycles. The Balaban J connectivity index is 0.00000529. The average Bonchev–Trinajstić information content (AvgIpc) is 2.52. The molecule has 4 nitrogen and oxygen atoms in total. The van der Waals surface area contributed by atoms with Crippen molar-refractivity contribution in [3.8, 4) is 0 Å². The van der Waals surface area contributed by atoms with E-state index in [2.05, 4.69) is 74.0 Å². The molecule has 0 amide bonds. The van der Waals surface area contributed by atoms with Crippen molar-refractivity contribution in [2.45, 2.75) is 32.9 Å². The van der Waals surface area contributed by atoms with Gasteiger partial charge in [-0.2, -0.15) is 0 Å². The van der Waals surface area contributed by atoms with E-state index in [4.69, 9.17) is 4.99 Å². The number of hydrogen-bond donors (Lipinski definition) is 1. The van der Waals surface area contributed by atoms with E-state index < -0.39 is 0 Å². The number of nitrogens with one attached hydrogen (secondary N) is 1. The Morgan fingerprint density at radius 1 is 1.21 bits per heavy atom. The lowest BCUT2D eigenvalue weighted by atomic mass is 10.1. The highest BCUT2D eigenvalue weighted by atomic mass is 127. The Morgan fingerprint density at radius 3 is 2.46 bits per heavy atom. The average molecular weight is 444 g/mol. The van der Waals surface area contributed by atoms with Crippen LogP contribution in [0.1, 0.15) is 30.9 Å². The SMILES string of the molecule is C=CCCCN(C)C(=NCc1ccccc1CN(C)C)NCC.I. The first kappa shape index (κ1) is 22.9. The summed E-state index contributed by atoms with van der Waals surface area (Å²) in [5.74, 6) is 0.969. The Bertz CT molecular complexity index is 500. The van der Waals surface area contributed by atoms with Crippen LogP contribution in [0.15, 0.2) is 41.9 Å². The van der Waals surface area contributed by atoms with E-state index in [0.29, 0.717) is 6.54 Å². The predicted molar refractivity (Wildman–Crippen MR) is 116 cm³/mol. The number of halogens is 1. The summed E-state index contributed by atoms with van der Waals surface area (Å²) in [6.45, 7) is 9.39. The summed E-state index contributed by atoms with van der Waals surface area (Å²) in [5.41, 5.74) is 2.63. The maximum atomic E-state index is 4.82. The molecule has 0 bridgehead atoms. The molecule has 0 aliphatic carbocycles. The fourth-order valence-electron chi connectivity index (χ4n) is 2.42. The van der Waals surface area contributed by atoms with Crippen molar-refractivity contribution in [1.82, 2.24) is 15.1 Å². The zero-order valence-electron chi connectivity index (χ0n) is 15.6. The van der Waals surface area contributed by atoms with Gasteiger partial charge >= 0.3 is 0 Å². The van der Waals surface area contributed by atoms with Gasteiger partial charge in [-0.3, -0.25) is 0 Å². The number of rotatable bonds is 9. The molecule has 0 fully saturated rings. The lowest BCUT2D eigenvalue weighted by molar-refractivity contribution is 0.401. The molecular formula is C19H33IN4. The van der Waals surface area contributed by atoms with Gasteiger partial charge in [-0.15, -0.1) is 30.6 Å². The second-order valence-electron chi connectivity index (χ2n) is 6.03. The van der Waals surface area contributed by atoms with Crippen LogP contribution in [0.25, 0.3) is 0 Å². The van der Waals surface area contributed by atoms with Gasteiger partial charge in [0.25, 0.3) is 0 Å². The number of allylic oxidation sites excluding steroid dienone is 1. The molecule has 0 unspecified atom stereocenters. The third kappa shape index (κ3) is 8.68. The van der Waals surface area contributed by atoms with Crippen LogP contribution >= 0.6 is 24.0 Å². The number of guanidine groups is 1. The van der Waals surface area contributed by atoms with Gasteiger partial charge in [-0.25, -0.2) is 4.99 Å². The maximum Gasteiger partial charge on any atom is 0.193 e. The first-order chi connectivity index (χ1) is 11.1. The fraction of sp³-hybridized carbons (Fsp3) is 0.526. The minimum Gasteiger partial charge on any atom is -0.357 e. The van der Waals surface area contributed by atoms with Crippen molar-refractivity contribution in [2.75, 3.05) is 34.2 Å². The molecule has 1 aromatic rings. The van der Waals surface area contributed by atoms with Gasteiger partial charge in [0.1, 0.15) is 0 Å². The molecule has 24 heavy (non-hydrogen) atoms. The maximum absolute atomic E-state index is 4.82. The minimum atomic E-state index is 0. The zero-order valence-corrected chi connectivity index (χ0v) is 17.9. The van der Waals surface area contributed by atoms with Gasteiger partial charge in [0.05, 0.1) is 6.54 Å². The van der Waals surface area contributed by atoms with Crippen molar-refractivity contribution in [3.63, 3.8) is 0 Å². The van der Waals surface area contributed by atoms with Crippen LogP contribution in [0.2, 0.25) is 0 Å². The van der Waals surface area contributed by atoms with Crippen LogP contribution in [-0.4, -0.2) is 50.0 Å². The summed E-state index contributed by atoms with van der Waals surface area (Å²) in [7, 11) is 6.28. The van der Waals surface area contributed by atoms with Gasteiger partial charge in [0.2, 0.25) is 0 Å². The first-order valence-corrected chi connectivity index (χ1v) is 8.40. The highest BCUT2D eigenvalue weighted by Crippen LogP contribution is 2.12. The highest BCUT2D eigenvalue weighted by Gasteiger charge is 2.07. The number of hydrogen-bond acceptors (Lipinski definition) is 2. The van der Waals surface area contributed by atoms with Crippen LogP contribution in [-0.2, 0) is 13.1 Å². The van der Waals surface area contributed by atoms with Crippen LogP contribution in [0.5, 0.6) is 0 Å². The molecule has 0 spiro atoms. The monoisotopic (exact) mass is 444 g/mol. The summed E-state index contributed by atoms with van der Waals surface area (Å²) in [5, 5.41) is 3.38. The largest absolute Gasteiger partial charge is 0.357 e. The molecule has 136 valence electrons. The van der Waals surface area contributed by atoms with Gasteiger partial charge in [0, 0.05) is 26.7 Å². The van der Waals surface area contributed by atoms with E-state index >= 15 is 0 Å². The van der Waals surface area contributed by atoms with Crippen molar-refractivity contribution >= 4 is 29.9 Å². The van der Waals surface area contributed by atoms with Gasteiger partial charge in [0.15, 0.2) is 5.96 Å². The summed E-state index contributed by atoms with van der Waals surface area (Å²) >= 11 is 0. The van der Waals surface area contributed by atoms with E-state index in [1.54, 1.807) is 0 Å². The second-order valence-corrected chi connectivity index (χ2v) is 6.03. The smallest absolute Gasteiger partial charge is 0.193 e. The molecule has 0 aliphatic rings. The summed E-state index contributed by atoms with van der Waals surface area (Å²) in [6, 6.07) is 8.54. The fourth-order valence-corrected chi connectivity index (χ4v) is 2.42. The molecule has 0 aromatic heterocycles. The lowest BCUT2D eigenvalue weighted by Gasteiger charge is -2.22. The van der Waals surface area contributed by atoms with E-state index in [1.165, 1.54) is 11.1 Å². The summed E-state index contributed by atoms with van der Waals surface area (Å²) < 4.78 is 0. The standard InChI is InChI=1S/C19H32N4.HI/c1-6-8-11-14-23(5)19(20-7-2)21-15-17-12-9-10-13-18(17)16-22(3)4;/h6,9-10,12-13H,1,7-8,11,14-16H2,2-5H3,(H,20,21);1H. The molecule has 0 atom stereocenters. The summed E-state index contributed by atoms with van der Waals surface area (Å²) in [6.07, 6.45) is 4.10. The molecule has 1 aromatic carbocycles. The number of benzene rings is 1. The molecular weight excluding hydrogens is 411 g/mol. The van der Waals surface area contributed by atoms with E-state index in [-0.39, 0.29) is 24.0 Å².